The molecule has 1 aliphatic heterocycles. The Hall–Kier alpha value is -2.24. The van der Waals surface area contributed by atoms with Gasteiger partial charge in [-0.15, -0.1) is 0 Å². The maximum Gasteiger partial charge on any atom is 0.306 e. The molecule has 0 spiro atoms. The lowest BCUT2D eigenvalue weighted by atomic mass is 9.91. The second kappa shape index (κ2) is 8.43. The molecular weight excluding hydrogens is 334 g/mol. The van der Waals surface area contributed by atoms with Crippen molar-refractivity contribution in [2.75, 3.05) is 20.3 Å². The lowest BCUT2D eigenvalue weighted by molar-refractivity contribution is -0.143. The minimum absolute atomic E-state index is 0.102. The molecule has 1 atom stereocenters. The fraction of sp³-hybridized carbons (Fsp3) is 0.600. The molecular formula is C20H27NO5. The first kappa shape index (κ1) is 18.5. The average Bonchev–Trinajstić information content (AvgIpc) is 3.05. The zero-order chi connectivity index (χ0) is 18.5. The first-order valence-corrected chi connectivity index (χ1v) is 9.44. The fourth-order valence-corrected chi connectivity index (χ4v) is 3.85. The number of carbonyl (C=O) groups excluding carboxylic acids is 2. The quantitative estimate of drug-likeness (QED) is 0.788. The summed E-state index contributed by atoms with van der Waals surface area (Å²) in [6.45, 7) is 2.47. The lowest BCUT2D eigenvalue weighted by Gasteiger charge is -2.23. The summed E-state index contributed by atoms with van der Waals surface area (Å²) in [6.07, 6.45) is 5.78. The van der Waals surface area contributed by atoms with Crippen molar-refractivity contribution in [3.05, 3.63) is 23.3 Å². The Morgan fingerprint density at radius 2 is 2.00 bits per heavy atom. The van der Waals surface area contributed by atoms with E-state index in [1.54, 1.807) is 26.2 Å². The maximum absolute atomic E-state index is 12.9. The summed E-state index contributed by atoms with van der Waals surface area (Å²) in [5, 5.41) is 3.15. The predicted octanol–water partition coefficient (Wildman–Crippen LogP) is 3.19. The molecule has 0 radical (unpaired) electrons. The van der Waals surface area contributed by atoms with Crippen molar-refractivity contribution < 1.29 is 23.8 Å². The van der Waals surface area contributed by atoms with Crippen LogP contribution in [0.15, 0.2) is 12.1 Å². The Morgan fingerprint density at radius 1 is 1.23 bits per heavy atom. The number of esters is 1. The minimum atomic E-state index is -0.282. The van der Waals surface area contributed by atoms with E-state index in [1.807, 2.05) is 0 Å². The van der Waals surface area contributed by atoms with Crippen LogP contribution in [0.1, 0.15) is 67.3 Å². The summed E-state index contributed by atoms with van der Waals surface area (Å²) < 4.78 is 16.2. The Morgan fingerprint density at radius 3 is 2.69 bits per heavy atom. The average molecular weight is 361 g/mol. The van der Waals surface area contributed by atoms with Gasteiger partial charge in [-0.05, 0) is 31.9 Å². The topological polar surface area (TPSA) is 73.9 Å². The van der Waals surface area contributed by atoms with E-state index in [-0.39, 0.29) is 30.3 Å². The Bertz CT molecular complexity index is 666. The predicted molar refractivity (Wildman–Crippen MR) is 96.8 cm³/mol. The molecule has 1 unspecified atom stereocenters. The molecule has 1 saturated carbocycles. The SMILES string of the molecule is CCOC(=O)CC1COc2c(OC)ccc(C(=O)NC3CCCCC3)c21. The second-order valence-electron chi connectivity index (χ2n) is 6.88. The molecule has 2 aliphatic rings. The van der Waals surface area contributed by atoms with Gasteiger partial charge in [0.1, 0.15) is 0 Å². The first-order valence-electron chi connectivity index (χ1n) is 9.44. The van der Waals surface area contributed by atoms with Crippen molar-refractivity contribution in [3.8, 4) is 11.5 Å². The van der Waals surface area contributed by atoms with Crippen LogP contribution in [0, 0.1) is 0 Å². The van der Waals surface area contributed by atoms with Crippen molar-refractivity contribution >= 4 is 11.9 Å². The fourth-order valence-electron chi connectivity index (χ4n) is 3.85. The number of methoxy groups -OCH3 is 1. The van der Waals surface area contributed by atoms with Gasteiger partial charge in [-0.1, -0.05) is 19.3 Å². The number of amides is 1. The smallest absolute Gasteiger partial charge is 0.306 e. The molecule has 1 aromatic carbocycles. The summed E-state index contributed by atoms with van der Waals surface area (Å²) in [5.74, 6) is 0.565. The summed E-state index contributed by atoms with van der Waals surface area (Å²) in [4.78, 5) is 24.9. The number of hydrogen-bond acceptors (Lipinski definition) is 5. The van der Waals surface area contributed by atoms with Gasteiger partial charge < -0.3 is 19.5 Å². The molecule has 1 aliphatic carbocycles. The highest BCUT2D eigenvalue weighted by Gasteiger charge is 2.34. The van der Waals surface area contributed by atoms with Crippen LogP contribution in [0.3, 0.4) is 0 Å². The Kier molecular flexibility index (Phi) is 6.01. The van der Waals surface area contributed by atoms with Crippen molar-refractivity contribution in [2.24, 2.45) is 0 Å². The van der Waals surface area contributed by atoms with Gasteiger partial charge in [-0.2, -0.15) is 0 Å². The van der Waals surface area contributed by atoms with Crippen LogP contribution in [0.5, 0.6) is 11.5 Å². The van der Waals surface area contributed by atoms with Crippen molar-refractivity contribution in [1.29, 1.82) is 0 Å². The minimum Gasteiger partial charge on any atom is -0.493 e. The Balaban J connectivity index is 1.84. The van der Waals surface area contributed by atoms with Gasteiger partial charge in [-0.3, -0.25) is 9.59 Å². The normalized spacial score (nSPS) is 19.4. The van der Waals surface area contributed by atoms with Gasteiger partial charge in [0, 0.05) is 23.1 Å². The molecule has 0 aromatic heterocycles. The van der Waals surface area contributed by atoms with E-state index >= 15 is 0 Å². The zero-order valence-corrected chi connectivity index (χ0v) is 15.5. The number of fused-ring (bicyclic) bond motifs is 1. The van der Waals surface area contributed by atoms with E-state index in [0.29, 0.717) is 30.3 Å². The van der Waals surface area contributed by atoms with Gasteiger partial charge in [-0.25, -0.2) is 0 Å². The van der Waals surface area contributed by atoms with E-state index in [2.05, 4.69) is 5.32 Å². The highest BCUT2D eigenvalue weighted by Crippen LogP contribution is 2.44. The summed E-state index contributed by atoms with van der Waals surface area (Å²) in [7, 11) is 1.57. The number of ether oxygens (including phenoxy) is 3. The largest absolute Gasteiger partial charge is 0.493 e. The van der Waals surface area contributed by atoms with Crippen LogP contribution in [0.4, 0.5) is 0 Å². The lowest BCUT2D eigenvalue weighted by Crippen LogP contribution is -2.36. The van der Waals surface area contributed by atoms with Crippen LogP contribution in [0.25, 0.3) is 0 Å². The highest BCUT2D eigenvalue weighted by atomic mass is 16.5. The molecule has 0 saturated heterocycles. The Labute approximate surface area is 154 Å². The van der Waals surface area contributed by atoms with Crippen LogP contribution in [-0.4, -0.2) is 38.2 Å². The maximum atomic E-state index is 12.9. The molecule has 1 heterocycles. The molecule has 3 rings (SSSR count). The van der Waals surface area contributed by atoms with Gasteiger partial charge in [0.25, 0.3) is 5.91 Å². The number of rotatable bonds is 6. The van der Waals surface area contributed by atoms with Crippen LogP contribution in [-0.2, 0) is 9.53 Å². The molecule has 0 bridgehead atoms. The van der Waals surface area contributed by atoms with E-state index in [4.69, 9.17) is 14.2 Å². The van der Waals surface area contributed by atoms with Crippen molar-refractivity contribution in [3.63, 3.8) is 0 Å². The van der Waals surface area contributed by atoms with Gasteiger partial charge in [0.15, 0.2) is 11.5 Å². The van der Waals surface area contributed by atoms with E-state index < -0.39 is 0 Å². The third kappa shape index (κ3) is 3.94. The molecule has 1 amide bonds. The van der Waals surface area contributed by atoms with Crippen molar-refractivity contribution in [1.82, 2.24) is 5.32 Å². The third-order valence-electron chi connectivity index (χ3n) is 5.12. The summed E-state index contributed by atoms with van der Waals surface area (Å²) >= 11 is 0. The first-order chi connectivity index (χ1) is 12.6. The summed E-state index contributed by atoms with van der Waals surface area (Å²) in [5.41, 5.74) is 1.32. The molecule has 1 fully saturated rings. The van der Waals surface area contributed by atoms with E-state index in [1.165, 1.54) is 6.42 Å². The van der Waals surface area contributed by atoms with E-state index in [9.17, 15) is 9.59 Å². The van der Waals surface area contributed by atoms with Crippen molar-refractivity contribution in [2.45, 2.75) is 57.4 Å². The van der Waals surface area contributed by atoms with Crippen LogP contribution in [0.2, 0.25) is 0 Å². The van der Waals surface area contributed by atoms with Crippen LogP contribution >= 0.6 is 0 Å². The summed E-state index contributed by atoms with van der Waals surface area (Å²) in [6, 6.07) is 3.74. The molecule has 6 heteroatoms. The third-order valence-corrected chi connectivity index (χ3v) is 5.12. The van der Waals surface area contributed by atoms with Crippen LogP contribution < -0.4 is 14.8 Å². The molecule has 6 nitrogen and oxygen atoms in total. The van der Waals surface area contributed by atoms with Gasteiger partial charge in [0.05, 0.1) is 26.7 Å². The molecule has 1 N–H and O–H groups in total. The second-order valence-corrected chi connectivity index (χ2v) is 6.88. The number of benzene rings is 1. The molecule has 1 aromatic rings. The number of nitrogens with one attached hydrogen (secondary N) is 1. The monoisotopic (exact) mass is 361 g/mol. The zero-order valence-electron chi connectivity index (χ0n) is 15.5. The van der Waals surface area contributed by atoms with Gasteiger partial charge in [0.2, 0.25) is 0 Å². The molecule has 26 heavy (non-hydrogen) atoms. The highest BCUT2D eigenvalue weighted by molar-refractivity contribution is 5.97. The number of carbonyl (C=O) groups is 2. The van der Waals surface area contributed by atoms with E-state index in [0.717, 1.165) is 31.2 Å². The molecule has 142 valence electrons. The standard InChI is InChI=1S/C20H27NO5/c1-3-25-17(22)11-13-12-26-19-16(24-2)10-9-15(18(13)19)20(23)21-14-7-5-4-6-8-14/h9-10,13-14H,3-8,11-12H2,1-2H3,(H,21,23). The van der Waals surface area contributed by atoms with Gasteiger partial charge >= 0.3 is 5.97 Å². The number of hydrogen-bond donors (Lipinski definition) is 1.